The van der Waals surface area contributed by atoms with E-state index in [2.05, 4.69) is 0 Å². The molecule has 2 atom stereocenters. The number of rotatable bonds is 1. The van der Waals surface area contributed by atoms with Crippen LogP contribution < -0.4 is 5.73 Å². The van der Waals surface area contributed by atoms with Gasteiger partial charge < -0.3 is 10.8 Å². The van der Waals surface area contributed by atoms with Crippen LogP contribution in [0.4, 0.5) is 13.2 Å². The summed E-state index contributed by atoms with van der Waals surface area (Å²) in [7, 11) is 0. The maximum Gasteiger partial charge on any atom is 0.415 e. The van der Waals surface area contributed by atoms with Gasteiger partial charge in [-0.3, -0.25) is 9.69 Å². The Morgan fingerprint density at radius 1 is 1.53 bits per heavy atom. The van der Waals surface area contributed by atoms with E-state index in [1.54, 1.807) is 0 Å². The van der Waals surface area contributed by atoms with E-state index in [1.165, 1.54) is 0 Å². The molecule has 2 aliphatic heterocycles. The Kier molecular flexibility index (Phi) is 2.62. The molecule has 9 heteroatoms. The number of fused-ring (bicyclic) bond motifs is 1. The number of nitrogens with two attached hydrogens (primary N) is 1. The topological polar surface area (TPSA) is 83.6 Å². The van der Waals surface area contributed by atoms with Crippen molar-refractivity contribution in [3.8, 4) is 0 Å². The Morgan fingerprint density at radius 3 is 2.59 bits per heavy atom. The number of carbonyl (C=O) groups excluding carboxylic acids is 1. The maximum absolute atomic E-state index is 12.6. The molecule has 94 valence electrons. The van der Waals surface area contributed by atoms with E-state index in [0.29, 0.717) is 4.90 Å². The van der Waals surface area contributed by atoms with Gasteiger partial charge in [0, 0.05) is 5.75 Å². The zero-order valence-corrected chi connectivity index (χ0v) is 9.01. The summed E-state index contributed by atoms with van der Waals surface area (Å²) in [5.41, 5.74) is 3.19. The van der Waals surface area contributed by atoms with Gasteiger partial charge in [0.25, 0.3) is 0 Å². The molecule has 0 aliphatic carbocycles. The smallest absolute Gasteiger partial charge is 0.415 e. The summed E-state index contributed by atoms with van der Waals surface area (Å²) < 4.78 is 37.8. The molecule has 17 heavy (non-hydrogen) atoms. The standard InChI is InChI=1S/C8H7F3N2O3S/c9-8(10,11)2-1-17-6-3(12)5(14)13(6)4(2)7(15)16/h3,6H,1,12H2,(H,15,16)/t3-,6+/m1/s1. The van der Waals surface area contributed by atoms with E-state index in [0.717, 1.165) is 11.8 Å². The van der Waals surface area contributed by atoms with Crippen molar-refractivity contribution in [1.82, 2.24) is 4.90 Å². The summed E-state index contributed by atoms with van der Waals surface area (Å²) in [6.45, 7) is 0. The van der Waals surface area contributed by atoms with Crippen LogP contribution in [0.1, 0.15) is 0 Å². The van der Waals surface area contributed by atoms with Crippen molar-refractivity contribution in [2.24, 2.45) is 5.73 Å². The highest BCUT2D eigenvalue weighted by molar-refractivity contribution is 8.00. The summed E-state index contributed by atoms with van der Waals surface area (Å²) >= 11 is 0.820. The number of carboxylic acids is 1. The lowest BCUT2D eigenvalue weighted by molar-refractivity contribution is -0.149. The fraction of sp³-hybridized carbons (Fsp3) is 0.500. The molecule has 1 saturated heterocycles. The van der Waals surface area contributed by atoms with Crippen LogP contribution in [0.3, 0.4) is 0 Å². The number of hydrogen-bond acceptors (Lipinski definition) is 4. The summed E-state index contributed by atoms with van der Waals surface area (Å²) in [5, 5.41) is 8.09. The van der Waals surface area contributed by atoms with Crippen LogP contribution in [0.5, 0.6) is 0 Å². The summed E-state index contributed by atoms with van der Waals surface area (Å²) in [6, 6.07) is -0.927. The van der Waals surface area contributed by atoms with Gasteiger partial charge in [-0.1, -0.05) is 0 Å². The molecular weight excluding hydrogens is 261 g/mol. The van der Waals surface area contributed by atoms with Crippen molar-refractivity contribution in [3.05, 3.63) is 11.3 Å². The molecule has 1 fully saturated rings. The Morgan fingerprint density at radius 2 is 2.12 bits per heavy atom. The van der Waals surface area contributed by atoms with Gasteiger partial charge in [-0.2, -0.15) is 13.2 Å². The quantitative estimate of drug-likeness (QED) is 0.660. The minimum Gasteiger partial charge on any atom is -0.477 e. The number of thioether (sulfide) groups is 1. The Bertz CT molecular complexity index is 434. The molecule has 0 radical (unpaired) electrons. The molecule has 3 N–H and O–H groups in total. The Labute approximate surface area is 97.4 Å². The molecule has 1 amide bonds. The molecule has 0 unspecified atom stereocenters. The predicted octanol–water partition coefficient (Wildman–Crippen LogP) is 0.130. The fourth-order valence-corrected chi connectivity index (χ4v) is 3.05. The minimum absolute atomic E-state index is 0.507. The van der Waals surface area contributed by atoms with Crippen LogP contribution in [-0.2, 0) is 9.59 Å². The van der Waals surface area contributed by atoms with Crippen LogP contribution >= 0.6 is 11.8 Å². The molecule has 0 aromatic carbocycles. The summed E-state index contributed by atoms with van der Waals surface area (Å²) in [5.74, 6) is -3.06. The van der Waals surface area contributed by atoms with Gasteiger partial charge in [0.1, 0.15) is 17.1 Å². The van der Waals surface area contributed by atoms with Gasteiger partial charge in [0.2, 0.25) is 5.91 Å². The lowest BCUT2D eigenvalue weighted by atomic mass is 10.0. The second-order valence-corrected chi connectivity index (χ2v) is 4.67. The Hall–Kier alpha value is -1.22. The van der Waals surface area contributed by atoms with Gasteiger partial charge in [-0.15, -0.1) is 11.8 Å². The predicted molar refractivity (Wildman–Crippen MR) is 51.8 cm³/mol. The third-order valence-electron chi connectivity index (χ3n) is 2.55. The SMILES string of the molecule is N[C@@H]1C(=O)N2C(C(=O)O)=C(C(F)(F)F)CS[C@@H]12. The average Bonchev–Trinajstić information content (AvgIpc) is 2.24. The van der Waals surface area contributed by atoms with Crippen LogP contribution in [0, 0.1) is 0 Å². The van der Waals surface area contributed by atoms with Crippen molar-refractivity contribution in [1.29, 1.82) is 0 Å². The van der Waals surface area contributed by atoms with E-state index < -0.39 is 46.5 Å². The van der Waals surface area contributed by atoms with Crippen LogP contribution in [-0.4, -0.2) is 45.2 Å². The van der Waals surface area contributed by atoms with Crippen LogP contribution in [0.25, 0.3) is 0 Å². The Balaban J connectivity index is 2.48. The van der Waals surface area contributed by atoms with E-state index in [-0.39, 0.29) is 0 Å². The summed E-state index contributed by atoms with van der Waals surface area (Å²) in [6.07, 6.45) is -4.76. The molecule has 5 nitrogen and oxygen atoms in total. The molecular formula is C8H7F3N2O3S. The number of alkyl halides is 3. The van der Waals surface area contributed by atoms with Crippen molar-refractivity contribution in [3.63, 3.8) is 0 Å². The maximum atomic E-state index is 12.6. The van der Waals surface area contributed by atoms with Gasteiger partial charge in [0.05, 0.1) is 5.57 Å². The van der Waals surface area contributed by atoms with Crippen molar-refractivity contribution in [2.45, 2.75) is 17.6 Å². The highest BCUT2D eigenvalue weighted by Gasteiger charge is 2.55. The van der Waals surface area contributed by atoms with Crippen molar-refractivity contribution < 1.29 is 27.9 Å². The largest absolute Gasteiger partial charge is 0.477 e. The van der Waals surface area contributed by atoms with Gasteiger partial charge in [-0.25, -0.2) is 4.79 Å². The summed E-state index contributed by atoms with van der Waals surface area (Å²) in [4.78, 5) is 22.8. The van der Waals surface area contributed by atoms with Crippen molar-refractivity contribution in [2.75, 3.05) is 5.75 Å². The van der Waals surface area contributed by atoms with Crippen molar-refractivity contribution >= 4 is 23.6 Å². The zero-order chi connectivity index (χ0) is 13.0. The molecule has 2 aliphatic rings. The number of hydrogen-bond donors (Lipinski definition) is 2. The lowest BCUT2D eigenvalue weighted by Gasteiger charge is -2.48. The van der Waals surface area contributed by atoms with Crippen LogP contribution in [0.2, 0.25) is 0 Å². The normalized spacial score (nSPS) is 28.9. The highest BCUT2D eigenvalue weighted by Crippen LogP contribution is 2.44. The first kappa shape index (κ1) is 12.2. The van der Waals surface area contributed by atoms with Gasteiger partial charge >= 0.3 is 12.1 Å². The van der Waals surface area contributed by atoms with E-state index in [9.17, 15) is 22.8 Å². The average molecular weight is 268 g/mol. The number of amides is 1. The van der Waals surface area contributed by atoms with E-state index >= 15 is 0 Å². The van der Waals surface area contributed by atoms with E-state index in [1.807, 2.05) is 0 Å². The lowest BCUT2D eigenvalue weighted by Crippen LogP contribution is -2.68. The number of aliphatic carboxylic acids is 1. The molecule has 0 saturated carbocycles. The zero-order valence-electron chi connectivity index (χ0n) is 8.19. The number of halogens is 3. The van der Waals surface area contributed by atoms with E-state index in [4.69, 9.17) is 10.8 Å². The van der Waals surface area contributed by atoms with Gasteiger partial charge in [0.15, 0.2) is 0 Å². The monoisotopic (exact) mass is 268 g/mol. The first-order valence-corrected chi connectivity index (χ1v) is 5.54. The number of carbonyl (C=O) groups is 2. The third kappa shape index (κ3) is 1.69. The van der Waals surface area contributed by atoms with Gasteiger partial charge in [-0.05, 0) is 0 Å². The van der Waals surface area contributed by atoms with Crippen LogP contribution in [0.15, 0.2) is 11.3 Å². The molecule has 2 heterocycles. The molecule has 0 spiro atoms. The second-order valence-electron chi connectivity index (χ2n) is 3.57. The number of β-lactam (4-membered cyclic amide) rings is 1. The number of carboxylic acid groups (broad SMARTS) is 1. The first-order valence-electron chi connectivity index (χ1n) is 4.49. The molecule has 0 aromatic rings. The fourth-order valence-electron chi connectivity index (χ4n) is 1.73. The third-order valence-corrected chi connectivity index (χ3v) is 3.86. The molecule has 0 aromatic heterocycles. The number of nitrogens with zero attached hydrogens (tertiary/aromatic N) is 1. The second kappa shape index (κ2) is 3.64. The molecule has 2 rings (SSSR count). The highest BCUT2D eigenvalue weighted by atomic mass is 32.2. The minimum atomic E-state index is -4.76. The molecule has 0 bridgehead atoms. The first-order chi connectivity index (χ1) is 7.75.